The van der Waals surface area contributed by atoms with Gasteiger partial charge in [0.05, 0.1) is 11.3 Å². The maximum atomic E-state index is 12.9. The summed E-state index contributed by atoms with van der Waals surface area (Å²) in [6.45, 7) is 1.96. The van der Waals surface area contributed by atoms with Gasteiger partial charge in [0.15, 0.2) is 5.11 Å². The summed E-state index contributed by atoms with van der Waals surface area (Å²) in [4.78, 5) is 12.5. The van der Waals surface area contributed by atoms with Crippen LogP contribution in [-0.4, -0.2) is 36.8 Å². The fourth-order valence-electron chi connectivity index (χ4n) is 3.83. The average Bonchev–Trinajstić information content (AvgIpc) is 2.75. The molecule has 31 heavy (non-hydrogen) atoms. The maximum Gasteiger partial charge on any atom is 0.243 e. The molecule has 0 spiro atoms. The molecule has 0 heterocycles. The molecule has 166 valence electrons. The lowest BCUT2D eigenvalue weighted by molar-refractivity contribution is -0.119. The predicted molar refractivity (Wildman–Crippen MR) is 128 cm³/mol. The van der Waals surface area contributed by atoms with Crippen LogP contribution in [0, 0.1) is 6.92 Å². The van der Waals surface area contributed by atoms with Crippen LogP contribution in [0.2, 0.25) is 0 Å². The lowest BCUT2D eigenvalue weighted by Crippen LogP contribution is -2.38. The molecule has 8 heteroatoms. The molecule has 2 aromatic rings. The molecule has 0 atom stereocenters. The molecule has 0 saturated heterocycles. The number of carbonyl (C=O) groups is 1. The molecule has 1 saturated carbocycles. The first-order valence-corrected chi connectivity index (χ1v) is 12.4. The second-order valence-corrected chi connectivity index (χ2v) is 10.3. The highest BCUT2D eigenvalue weighted by molar-refractivity contribution is 7.89. The van der Waals surface area contributed by atoms with Crippen molar-refractivity contribution in [2.45, 2.75) is 56.4 Å². The standard InChI is InChI=1S/C23H29N3O3S2/c1-17-8-6-7-9-18(17)16-22(27)25-23(30)24-19-12-14-21(15-13-19)31(28,29)26(2)20-10-4-3-5-11-20/h6-9,12-15,20H,3-5,10-11,16H2,1-2H3,(H2,24,25,27,30). The Bertz CT molecular complexity index is 1030. The first-order chi connectivity index (χ1) is 14.8. The summed E-state index contributed by atoms with van der Waals surface area (Å²) < 4.78 is 27.4. The smallest absolute Gasteiger partial charge is 0.243 e. The summed E-state index contributed by atoms with van der Waals surface area (Å²) >= 11 is 5.23. The van der Waals surface area contributed by atoms with Crippen molar-refractivity contribution in [1.82, 2.24) is 9.62 Å². The topological polar surface area (TPSA) is 78.5 Å². The van der Waals surface area contributed by atoms with Crippen LogP contribution in [0.25, 0.3) is 0 Å². The minimum atomic E-state index is -3.54. The molecule has 0 radical (unpaired) electrons. The molecule has 0 aliphatic heterocycles. The zero-order valence-electron chi connectivity index (χ0n) is 17.9. The van der Waals surface area contributed by atoms with E-state index in [-0.39, 0.29) is 28.4 Å². The average molecular weight is 460 g/mol. The number of amides is 1. The quantitative estimate of drug-likeness (QED) is 0.639. The molecule has 0 unspecified atom stereocenters. The molecule has 2 aromatic carbocycles. The predicted octanol–water partition coefficient (Wildman–Crippen LogP) is 4.00. The highest BCUT2D eigenvalue weighted by Gasteiger charge is 2.28. The number of thiocarbonyl (C=S) groups is 1. The van der Waals surface area contributed by atoms with Gasteiger partial charge in [0.1, 0.15) is 0 Å². The van der Waals surface area contributed by atoms with E-state index in [1.807, 2.05) is 31.2 Å². The molecular weight excluding hydrogens is 430 g/mol. The van der Waals surface area contributed by atoms with Crippen molar-refractivity contribution < 1.29 is 13.2 Å². The zero-order valence-corrected chi connectivity index (χ0v) is 19.6. The van der Waals surface area contributed by atoms with Gasteiger partial charge in [-0.15, -0.1) is 0 Å². The number of sulfonamides is 1. The van der Waals surface area contributed by atoms with Gasteiger partial charge in [-0.1, -0.05) is 43.5 Å². The Labute approximate surface area is 190 Å². The maximum absolute atomic E-state index is 12.9. The van der Waals surface area contributed by atoms with E-state index < -0.39 is 10.0 Å². The number of nitrogens with zero attached hydrogens (tertiary/aromatic N) is 1. The number of nitrogens with one attached hydrogen (secondary N) is 2. The van der Waals surface area contributed by atoms with Crippen molar-refractivity contribution in [3.05, 3.63) is 59.7 Å². The Balaban J connectivity index is 1.57. The summed E-state index contributed by atoms with van der Waals surface area (Å²) in [5.41, 5.74) is 2.60. The Morgan fingerprint density at radius 1 is 1.06 bits per heavy atom. The van der Waals surface area contributed by atoms with Crippen LogP contribution in [0.3, 0.4) is 0 Å². The summed E-state index contributed by atoms with van der Waals surface area (Å²) in [5.74, 6) is -0.208. The van der Waals surface area contributed by atoms with Crippen molar-refractivity contribution in [1.29, 1.82) is 0 Å². The Hall–Kier alpha value is -2.29. The van der Waals surface area contributed by atoms with E-state index in [1.165, 1.54) is 10.7 Å². The third-order valence-electron chi connectivity index (χ3n) is 5.74. The monoisotopic (exact) mass is 459 g/mol. The number of hydrogen-bond acceptors (Lipinski definition) is 4. The van der Waals surface area contributed by atoms with Gasteiger partial charge in [0, 0.05) is 18.8 Å². The first kappa shape index (κ1) is 23.4. The molecule has 0 bridgehead atoms. The number of aryl methyl sites for hydroxylation is 1. The molecule has 1 fully saturated rings. The number of benzene rings is 2. The third kappa shape index (κ3) is 6.12. The third-order valence-corrected chi connectivity index (χ3v) is 7.87. The Morgan fingerprint density at radius 2 is 1.71 bits per heavy atom. The van der Waals surface area contributed by atoms with Gasteiger partial charge in [0.2, 0.25) is 15.9 Å². The highest BCUT2D eigenvalue weighted by atomic mass is 32.2. The van der Waals surface area contributed by atoms with E-state index >= 15 is 0 Å². The van der Waals surface area contributed by atoms with Crippen LogP contribution >= 0.6 is 12.2 Å². The Morgan fingerprint density at radius 3 is 2.35 bits per heavy atom. The number of anilines is 1. The number of hydrogen-bond donors (Lipinski definition) is 2. The molecule has 1 aliphatic carbocycles. The van der Waals surface area contributed by atoms with Crippen LogP contribution in [0.4, 0.5) is 5.69 Å². The minimum absolute atomic E-state index is 0.0626. The SMILES string of the molecule is Cc1ccccc1CC(=O)NC(=S)Nc1ccc(S(=O)(=O)N(C)C2CCCCC2)cc1. The lowest BCUT2D eigenvalue weighted by atomic mass is 9.96. The molecule has 0 aromatic heterocycles. The van der Waals surface area contributed by atoms with Crippen molar-refractivity contribution >= 4 is 38.9 Å². The van der Waals surface area contributed by atoms with Crippen molar-refractivity contribution in [2.75, 3.05) is 12.4 Å². The fraction of sp³-hybridized carbons (Fsp3) is 0.391. The molecule has 3 rings (SSSR count). The van der Waals surface area contributed by atoms with Gasteiger partial charge < -0.3 is 10.6 Å². The zero-order chi connectivity index (χ0) is 22.4. The summed E-state index contributed by atoms with van der Waals surface area (Å²) in [5, 5.41) is 5.78. The Kier molecular flexibility index (Phi) is 7.80. The fourth-order valence-corrected chi connectivity index (χ4v) is 5.48. The summed E-state index contributed by atoms with van der Waals surface area (Å²) in [7, 11) is -1.88. The van der Waals surface area contributed by atoms with E-state index in [0.29, 0.717) is 5.69 Å². The van der Waals surface area contributed by atoms with Crippen molar-refractivity contribution in [3.63, 3.8) is 0 Å². The van der Waals surface area contributed by atoms with E-state index in [2.05, 4.69) is 10.6 Å². The van der Waals surface area contributed by atoms with Gasteiger partial charge in [-0.2, -0.15) is 4.31 Å². The molecule has 2 N–H and O–H groups in total. The second kappa shape index (κ2) is 10.3. The van der Waals surface area contributed by atoms with Gasteiger partial charge in [-0.25, -0.2) is 8.42 Å². The van der Waals surface area contributed by atoms with Crippen LogP contribution in [0.1, 0.15) is 43.2 Å². The second-order valence-electron chi connectivity index (χ2n) is 7.94. The van der Waals surface area contributed by atoms with Gasteiger partial charge in [-0.3, -0.25) is 4.79 Å². The number of rotatable bonds is 6. The van der Waals surface area contributed by atoms with Gasteiger partial charge in [0.25, 0.3) is 0 Å². The van der Waals surface area contributed by atoms with Gasteiger partial charge >= 0.3 is 0 Å². The normalized spacial score (nSPS) is 14.9. The summed E-state index contributed by atoms with van der Waals surface area (Å²) in [6.07, 6.45) is 5.36. The van der Waals surface area contributed by atoms with Crippen LogP contribution in [0.5, 0.6) is 0 Å². The molecular formula is C23H29N3O3S2. The van der Waals surface area contributed by atoms with E-state index in [4.69, 9.17) is 12.2 Å². The highest BCUT2D eigenvalue weighted by Crippen LogP contribution is 2.27. The van der Waals surface area contributed by atoms with Crippen LogP contribution in [-0.2, 0) is 21.2 Å². The van der Waals surface area contributed by atoms with Crippen LogP contribution < -0.4 is 10.6 Å². The molecule has 1 amide bonds. The molecule has 6 nitrogen and oxygen atoms in total. The first-order valence-electron chi connectivity index (χ1n) is 10.5. The minimum Gasteiger partial charge on any atom is -0.332 e. The van der Waals surface area contributed by atoms with E-state index in [0.717, 1.165) is 36.8 Å². The number of carbonyl (C=O) groups excluding carboxylic acids is 1. The van der Waals surface area contributed by atoms with E-state index in [9.17, 15) is 13.2 Å². The largest absolute Gasteiger partial charge is 0.332 e. The van der Waals surface area contributed by atoms with Crippen molar-refractivity contribution in [2.24, 2.45) is 0 Å². The lowest BCUT2D eigenvalue weighted by Gasteiger charge is -2.30. The summed E-state index contributed by atoms with van der Waals surface area (Å²) in [6, 6.07) is 14.2. The van der Waals surface area contributed by atoms with Gasteiger partial charge in [-0.05, 0) is 67.4 Å². The molecule has 1 aliphatic rings. The van der Waals surface area contributed by atoms with Crippen molar-refractivity contribution in [3.8, 4) is 0 Å². The van der Waals surface area contributed by atoms with Crippen LogP contribution in [0.15, 0.2) is 53.4 Å². The van der Waals surface area contributed by atoms with E-state index in [1.54, 1.807) is 31.3 Å².